The van der Waals surface area contributed by atoms with Crippen LogP contribution in [-0.4, -0.2) is 32.7 Å². The maximum absolute atomic E-state index is 12.2. The van der Waals surface area contributed by atoms with Crippen molar-refractivity contribution in [3.8, 4) is 5.75 Å². The molecule has 1 aromatic carbocycles. The Morgan fingerprint density at radius 2 is 1.95 bits per heavy atom. The fourth-order valence-corrected chi connectivity index (χ4v) is 3.55. The molecule has 1 aliphatic rings. The number of carbonyl (C=O) groups excluding carboxylic acids is 1. The highest BCUT2D eigenvalue weighted by molar-refractivity contribution is 7.94. The normalized spacial score (nSPS) is 19.4. The first-order valence-electron chi connectivity index (χ1n) is 6.92. The summed E-state index contributed by atoms with van der Waals surface area (Å²) in [4.78, 5) is 13.7. The zero-order valence-electron chi connectivity index (χ0n) is 12.2. The van der Waals surface area contributed by atoms with Gasteiger partial charge in [0.15, 0.2) is 9.84 Å². The number of rotatable bonds is 5. The molecule has 6 heteroatoms. The minimum Gasteiger partial charge on any atom is -0.494 e. The third-order valence-corrected chi connectivity index (χ3v) is 4.62. The van der Waals surface area contributed by atoms with Gasteiger partial charge in [0.2, 0.25) is 5.91 Å². The first kappa shape index (κ1) is 15.6. The third kappa shape index (κ3) is 3.64. The minimum atomic E-state index is -3.21. The van der Waals surface area contributed by atoms with Gasteiger partial charge in [0, 0.05) is 17.5 Å². The van der Waals surface area contributed by atoms with Crippen LogP contribution in [-0.2, 0) is 14.6 Å². The second kappa shape index (κ2) is 6.30. The summed E-state index contributed by atoms with van der Waals surface area (Å²) in [6.07, 6.45) is 1.89. The first-order valence-corrected chi connectivity index (χ1v) is 8.64. The van der Waals surface area contributed by atoms with E-state index in [0.717, 1.165) is 5.75 Å². The van der Waals surface area contributed by atoms with Crippen LogP contribution in [0.15, 0.2) is 35.7 Å². The van der Waals surface area contributed by atoms with E-state index in [1.54, 1.807) is 37.3 Å². The van der Waals surface area contributed by atoms with E-state index in [-0.39, 0.29) is 11.7 Å². The van der Waals surface area contributed by atoms with Crippen LogP contribution >= 0.6 is 0 Å². The summed E-state index contributed by atoms with van der Waals surface area (Å²) in [6.45, 7) is 4.23. The molecule has 0 spiro atoms. The van der Waals surface area contributed by atoms with Crippen LogP contribution in [0.3, 0.4) is 0 Å². The second-order valence-electron chi connectivity index (χ2n) is 4.77. The van der Waals surface area contributed by atoms with Crippen molar-refractivity contribution >= 4 is 21.4 Å². The highest BCUT2D eigenvalue weighted by Gasteiger charge is 2.30. The molecule has 2 rings (SSSR count). The van der Waals surface area contributed by atoms with Crippen molar-refractivity contribution in [1.82, 2.24) is 0 Å². The second-order valence-corrected chi connectivity index (χ2v) is 6.70. The summed E-state index contributed by atoms with van der Waals surface area (Å²) in [7, 11) is -3.21. The van der Waals surface area contributed by atoms with Gasteiger partial charge in [-0.15, -0.1) is 0 Å². The average molecular weight is 309 g/mol. The number of carbonyl (C=O) groups is 1. The Kier molecular flexibility index (Phi) is 4.67. The van der Waals surface area contributed by atoms with Crippen LogP contribution in [0.25, 0.3) is 0 Å². The van der Waals surface area contributed by atoms with E-state index in [1.807, 2.05) is 6.92 Å². The monoisotopic (exact) mass is 309 g/mol. The lowest BCUT2D eigenvalue weighted by Gasteiger charge is -2.27. The predicted octanol–water partition coefficient (Wildman–Crippen LogP) is 2.14. The van der Waals surface area contributed by atoms with E-state index < -0.39 is 15.9 Å². The molecule has 1 amide bonds. The molecule has 0 N–H and O–H groups in total. The van der Waals surface area contributed by atoms with E-state index in [2.05, 4.69) is 0 Å². The minimum absolute atomic E-state index is 0.0635. The standard InChI is InChI=1S/C15H19NO4S/c1-3-15(17)16(13-9-10-21(18,19)11-13)12-5-7-14(8-6-12)20-4-2/h5-10,13H,3-4,11H2,1-2H3. The molecule has 1 atom stereocenters. The van der Waals surface area contributed by atoms with Gasteiger partial charge in [-0.3, -0.25) is 4.79 Å². The molecule has 0 fully saturated rings. The Bertz CT molecular complexity index is 634. The van der Waals surface area contributed by atoms with Crippen molar-refractivity contribution < 1.29 is 17.9 Å². The van der Waals surface area contributed by atoms with Crippen LogP contribution in [0.4, 0.5) is 5.69 Å². The molecule has 1 unspecified atom stereocenters. The van der Waals surface area contributed by atoms with Gasteiger partial charge in [-0.2, -0.15) is 0 Å². The predicted molar refractivity (Wildman–Crippen MR) is 82.1 cm³/mol. The zero-order valence-corrected chi connectivity index (χ0v) is 13.0. The Morgan fingerprint density at radius 3 is 2.43 bits per heavy atom. The maximum Gasteiger partial charge on any atom is 0.227 e. The molecule has 21 heavy (non-hydrogen) atoms. The van der Waals surface area contributed by atoms with Gasteiger partial charge >= 0.3 is 0 Å². The molecule has 0 saturated carbocycles. The van der Waals surface area contributed by atoms with Gasteiger partial charge in [-0.05, 0) is 37.3 Å². The highest BCUT2D eigenvalue weighted by Crippen LogP contribution is 2.25. The summed E-state index contributed by atoms with van der Waals surface area (Å²) >= 11 is 0. The maximum atomic E-state index is 12.2. The smallest absolute Gasteiger partial charge is 0.227 e. The Labute approximate surface area is 125 Å². The summed E-state index contributed by atoms with van der Waals surface area (Å²) in [5, 5.41) is 1.18. The van der Waals surface area contributed by atoms with Crippen LogP contribution in [0.5, 0.6) is 5.75 Å². The zero-order chi connectivity index (χ0) is 15.5. The number of sulfone groups is 1. The lowest BCUT2D eigenvalue weighted by atomic mass is 10.2. The number of anilines is 1. The van der Waals surface area contributed by atoms with Crippen molar-refractivity contribution in [2.45, 2.75) is 26.3 Å². The molecular weight excluding hydrogens is 290 g/mol. The fraction of sp³-hybridized carbons (Fsp3) is 0.400. The topological polar surface area (TPSA) is 63.7 Å². The lowest BCUT2D eigenvalue weighted by molar-refractivity contribution is -0.118. The SMILES string of the molecule is CCOc1ccc(N(C(=O)CC)C2C=CS(=O)(=O)C2)cc1. The van der Waals surface area contributed by atoms with Crippen molar-refractivity contribution in [2.75, 3.05) is 17.3 Å². The molecule has 0 aromatic heterocycles. The summed E-state index contributed by atoms with van der Waals surface area (Å²) in [6, 6.07) is 6.67. The van der Waals surface area contributed by atoms with Crippen LogP contribution in [0.1, 0.15) is 20.3 Å². The van der Waals surface area contributed by atoms with Crippen molar-refractivity contribution in [1.29, 1.82) is 0 Å². The van der Waals surface area contributed by atoms with Crippen LogP contribution in [0, 0.1) is 0 Å². The number of nitrogens with zero attached hydrogens (tertiary/aromatic N) is 1. The Morgan fingerprint density at radius 1 is 1.29 bits per heavy atom. The largest absolute Gasteiger partial charge is 0.494 e. The number of ether oxygens (including phenoxy) is 1. The highest BCUT2D eigenvalue weighted by atomic mass is 32.2. The van der Waals surface area contributed by atoms with Crippen LogP contribution in [0.2, 0.25) is 0 Å². The van der Waals surface area contributed by atoms with Gasteiger partial charge in [0.05, 0.1) is 18.4 Å². The number of amides is 1. The number of hydrogen-bond donors (Lipinski definition) is 0. The molecule has 1 aromatic rings. The van der Waals surface area contributed by atoms with E-state index in [4.69, 9.17) is 4.74 Å². The lowest BCUT2D eigenvalue weighted by Crippen LogP contribution is -2.40. The average Bonchev–Trinajstić information content (AvgIpc) is 2.81. The molecule has 0 saturated heterocycles. The summed E-state index contributed by atoms with van der Waals surface area (Å²) in [5.74, 6) is 0.553. The van der Waals surface area contributed by atoms with E-state index in [0.29, 0.717) is 18.7 Å². The number of hydrogen-bond acceptors (Lipinski definition) is 4. The molecule has 0 aliphatic carbocycles. The number of benzene rings is 1. The van der Waals surface area contributed by atoms with E-state index >= 15 is 0 Å². The first-order chi connectivity index (χ1) is 9.96. The summed E-state index contributed by atoms with van der Waals surface area (Å²) < 4.78 is 28.5. The molecule has 1 aliphatic heterocycles. The van der Waals surface area contributed by atoms with Crippen LogP contribution < -0.4 is 9.64 Å². The van der Waals surface area contributed by atoms with E-state index in [9.17, 15) is 13.2 Å². The molecule has 0 bridgehead atoms. The fourth-order valence-electron chi connectivity index (χ4n) is 2.28. The van der Waals surface area contributed by atoms with Gasteiger partial charge in [-0.1, -0.05) is 6.92 Å². The molecular formula is C15H19NO4S. The molecule has 114 valence electrons. The van der Waals surface area contributed by atoms with Gasteiger partial charge in [0.1, 0.15) is 5.75 Å². The molecule has 5 nitrogen and oxygen atoms in total. The van der Waals surface area contributed by atoms with Crippen molar-refractivity contribution in [3.05, 3.63) is 35.7 Å². The Balaban J connectivity index is 2.28. The third-order valence-electron chi connectivity index (χ3n) is 3.24. The van der Waals surface area contributed by atoms with Crippen molar-refractivity contribution in [2.24, 2.45) is 0 Å². The van der Waals surface area contributed by atoms with Gasteiger partial charge in [0.25, 0.3) is 0 Å². The van der Waals surface area contributed by atoms with E-state index in [1.165, 1.54) is 10.3 Å². The Hall–Kier alpha value is -1.82. The van der Waals surface area contributed by atoms with Gasteiger partial charge < -0.3 is 9.64 Å². The summed E-state index contributed by atoms with van der Waals surface area (Å²) in [5.41, 5.74) is 0.678. The van der Waals surface area contributed by atoms with Crippen molar-refractivity contribution in [3.63, 3.8) is 0 Å². The molecule has 1 heterocycles. The molecule has 0 radical (unpaired) electrons. The van der Waals surface area contributed by atoms with Gasteiger partial charge in [-0.25, -0.2) is 8.42 Å². The quantitative estimate of drug-likeness (QED) is 0.836.